The first kappa shape index (κ1) is 14.2. The molecule has 1 aromatic rings. The molecule has 1 N–H and O–H groups in total. The zero-order chi connectivity index (χ0) is 13.1. The van der Waals surface area contributed by atoms with Crippen molar-refractivity contribution < 1.29 is 0 Å². The summed E-state index contributed by atoms with van der Waals surface area (Å²) in [5.41, 5.74) is 4.58. The third-order valence-corrected chi connectivity index (χ3v) is 3.64. The van der Waals surface area contributed by atoms with E-state index in [4.69, 9.17) is 0 Å². The van der Waals surface area contributed by atoms with Gasteiger partial charge in [0.05, 0.1) is 0 Å². The molecule has 0 spiro atoms. The van der Waals surface area contributed by atoms with Gasteiger partial charge in [-0.25, -0.2) is 0 Å². The summed E-state index contributed by atoms with van der Waals surface area (Å²) in [5, 5.41) is 3.51. The molecule has 0 amide bonds. The summed E-state index contributed by atoms with van der Waals surface area (Å²) in [7, 11) is 0. The highest BCUT2D eigenvalue weighted by Crippen LogP contribution is 2.30. The van der Waals surface area contributed by atoms with Crippen LogP contribution in [0.1, 0.15) is 50.8 Å². The van der Waals surface area contributed by atoms with E-state index >= 15 is 0 Å². The number of hydrogen-bond acceptors (Lipinski definition) is 1. The van der Waals surface area contributed by atoms with Crippen LogP contribution in [-0.2, 0) is 5.41 Å². The van der Waals surface area contributed by atoms with Gasteiger partial charge in [-0.1, -0.05) is 45.9 Å². The molecule has 0 heterocycles. The highest BCUT2D eigenvalue weighted by Gasteiger charge is 2.22. The van der Waals surface area contributed by atoms with Crippen LogP contribution in [0.5, 0.6) is 0 Å². The molecule has 0 radical (unpaired) electrons. The van der Waals surface area contributed by atoms with Crippen LogP contribution in [0.2, 0.25) is 0 Å². The van der Waals surface area contributed by atoms with E-state index in [0.29, 0.717) is 6.04 Å². The van der Waals surface area contributed by atoms with Gasteiger partial charge in [-0.3, -0.25) is 0 Å². The molecule has 1 heteroatoms. The topological polar surface area (TPSA) is 12.0 Å². The first-order valence-electron chi connectivity index (χ1n) is 6.64. The van der Waals surface area contributed by atoms with Gasteiger partial charge in [0.1, 0.15) is 0 Å². The van der Waals surface area contributed by atoms with Crippen molar-refractivity contribution in [2.75, 3.05) is 6.54 Å². The Hall–Kier alpha value is -0.820. The van der Waals surface area contributed by atoms with Gasteiger partial charge in [0.15, 0.2) is 0 Å². The normalized spacial score (nSPS) is 12.2. The number of nitrogens with one attached hydrogen (secondary N) is 1. The van der Waals surface area contributed by atoms with Crippen molar-refractivity contribution in [3.8, 4) is 0 Å². The maximum Gasteiger partial charge on any atom is 0.00103 e. The van der Waals surface area contributed by atoms with Crippen LogP contribution in [0, 0.1) is 13.8 Å². The van der Waals surface area contributed by atoms with Gasteiger partial charge in [0, 0.05) is 6.04 Å². The van der Waals surface area contributed by atoms with E-state index in [2.05, 4.69) is 65.1 Å². The summed E-state index contributed by atoms with van der Waals surface area (Å²) in [4.78, 5) is 0. The average Bonchev–Trinajstić information content (AvgIpc) is 2.21. The Labute approximate surface area is 107 Å². The Morgan fingerprint density at radius 1 is 1.18 bits per heavy atom. The monoisotopic (exact) mass is 233 g/mol. The van der Waals surface area contributed by atoms with Crippen molar-refractivity contribution in [3.63, 3.8) is 0 Å². The van der Waals surface area contributed by atoms with Gasteiger partial charge < -0.3 is 5.32 Å². The summed E-state index contributed by atoms with van der Waals surface area (Å²) >= 11 is 0. The van der Waals surface area contributed by atoms with Crippen LogP contribution in [0.4, 0.5) is 0 Å². The molecule has 0 aliphatic heterocycles. The van der Waals surface area contributed by atoms with E-state index in [0.717, 1.165) is 6.54 Å². The van der Waals surface area contributed by atoms with Gasteiger partial charge in [0.25, 0.3) is 0 Å². The van der Waals surface area contributed by atoms with Crippen molar-refractivity contribution in [2.24, 2.45) is 0 Å². The maximum atomic E-state index is 3.51. The van der Waals surface area contributed by atoms with E-state index in [1.54, 1.807) is 0 Å². The molecule has 1 aromatic carbocycles. The van der Waals surface area contributed by atoms with Crippen molar-refractivity contribution in [1.82, 2.24) is 5.32 Å². The van der Waals surface area contributed by atoms with Crippen LogP contribution in [0.3, 0.4) is 0 Å². The van der Waals surface area contributed by atoms with E-state index in [1.165, 1.54) is 23.1 Å². The lowest BCUT2D eigenvalue weighted by Gasteiger charge is -2.28. The molecule has 0 aliphatic rings. The van der Waals surface area contributed by atoms with Gasteiger partial charge >= 0.3 is 0 Å². The van der Waals surface area contributed by atoms with E-state index in [1.807, 2.05) is 0 Å². The molecule has 96 valence electrons. The van der Waals surface area contributed by atoms with Crippen molar-refractivity contribution in [3.05, 3.63) is 34.9 Å². The van der Waals surface area contributed by atoms with Crippen molar-refractivity contribution in [2.45, 2.75) is 59.4 Å². The molecular weight excluding hydrogens is 206 g/mol. The standard InChI is InChI=1S/C16H27N/c1-12(2)17-11-10-16(5,6)15-9-7-8-13(3)14(15)4/h7-9,12,17H,10-11H2,1-6H3. The largest absolute Gasteiger partial charge is 0.315 e. The fraction of sp³-hybridized carbons (Fsp3) is 0.625. The number of rotatable bonds is 5. The fourth-order valence-electron chi connectivity index (χ4n) is 2.29. The highest BCUT2D eigenvalue weighted by molar-refractivity contribution is 5.37. The molecule has 0 aliphatic carbocycles. The predicted molar refractivity (Wildman–Crippen MR) is 76.7 cm³/mol. The Bertz CT molecular complexity index is 364. The second-order valence-corrected chi connectivity index (χ2v) is 5.99. The fourth-order valence-corrected chi connectivity index (χ4v) is 2.29. The molecule has 0 bridgehead atoms. The Balaban J connectivity index is 2.78. The Kier molecular flexibility index (Phi) is 4.76. The molecule has 17 heavy (non-hydrogen) atoms. The molecule has 0 aromatic heterocycles. The van der Waals surface area contributed by atoms with Crippen molar-refractivity contribution in [1.29, 1.82) is 0 Å². The number of aryl methyl sites for hydroxylation is 1. The Morgan fingerprint density at radius 2 is 1.82 bits per heavy atom. The van der Waals surface area contributed by atoms with Gasteiger partial charge in [-0.2, -0.15) is 0 Å². The lowest BCUT2D eigenvalue weighted by Crippen LogP contribution is -2.30. The van der Waals surface area contributed by atoms with Crippen molar-refractivity contribution >= 4 is 0 Å². The molecule has 0 unspecified atom stereocenters. The second kappa shape index (κ2) is 5.68. The van der Waals surface area contributed by atoms with E-state index in [9.17, 15) is 0 Å². The molecule has 0 atom stereocenters. The van der Waals surface area contributed by atoms with Crippen LogP contribution < -0.4 is 5.32 Å². The van der Waals surface area contributed by atoms with Crippen LogP contribution in [0.15, 0.2) is 18.2 Å². The smallest absolute Gasteiger partial charge is 0.00103 e. The zero-order valence-corrected chi connectivity index (χ0v) is 12.2. The highest BCUT2D eigenvalue weighted by atomic mass is 14.9. The first-order valence-corrected chi connectivity index (χ1v) is 6.64. The number of hydrogen-bond donors (Lipinski definition) is 1. The quantitative estimate of drug-likeness (QED) is 0.811. The van der Waals surface area contributed by atoms with E-state index in [-0.39, 0.29) is 5.41 Å². The molecule has 0 saturated heterocycles. The van der Waals surface area contributed by atoms with Gasteiger partial charge in [-0.05, 0) is 48.9 Å². The minimum Gasteiger partial charge on any atom is -0.315 e. The second-order valence-electron chi connectivity index (χ2n) is 5.99. The SMILES string of the molecule is Cc1cccc(C(C)(C)CCNC(C)C)c1C. The average molecular weight is 233 g/mol. The minimum atomic E-state index is 0.248. The lowest BCUT2D eigenvalue weighted by molar-refractivity contribution is 0.439. The summed E-state index contributed by atoms with van der Waals surface area (Å²) in [6.07, 6.45) is 1.18. The summed E-state index contributed by atoms with van der Waals surface area (Å²) < 4.78 is 0. The molecule has 1 nitrogen and oxygen atoms in total. The molecular formula is C16H27N. The van der Waals surface area contributed by atoms with Crippen LogP contribution >= 0.6 is 0 Å². The third-order valence-electron chi connectivity index (χ3n) is 3.64. The molecule has 0 saturated carbocycles. The maximum absolute atomic E-state index is 3.51. The van der Waals surface area contributed by atoms with Gasteiger partial charge in [0.2, 0.25) is 0 Å². The first-order chi connectivity index (χ1) is 7.84. The van der Waals surface area contributed by atoms with Crippen LogP contribution in [0.25, 0.3) is 0 Å². The zero-order valence-electron chi connectivity index (χ0n) is 12.2. The summed E-state index contributed by atoms with van der Waals surface area (Å²) in [6.45, 7) is 14.6. The number of benzene rings is 1. The molecule has 0 fully saturated rings. The summed E-state index contributed by atoms with van der Waals surface area (Å²) in [5.74, 6) is 0. The van der Waals surface area contributed by atoms with E-state index < -0.39 is 0 Å². The third kappa shape index (κ3) is 3.85. The molecule has 1 rings (SSSR count). The Morgan fingerprint density at radius 3 is 2.41 bits per heavy atom. The minimum absolute atomic E-state index is 0.248. The lowest BCUT2D eigenvalue weighted by atomic mass is 9.78. The van der Waals surface area contributed by atoms with Crippen LogP contribution in [-0.4, -0.2) is 12.6 Å². The summed E-state index contributed by atoms with van der Waals surface area (Å²) in [6, 6.07) is 7.22. The van der Waals surface area contributed by atoms with Gasteiger partial charge in [-0.15, -0.1) is 0 Å². The predicted octanol–water partition coefficient (Wildman–Crippen LogP) is 3.97.